The van der Waals surface area contributed by atoms with Crippen molar-refractivity contribution >= 4 is 29.9 Å². The first-order valence-corrected chi connectivity index (χ1v) is 8.82. The monoisotopic (exact) mass is 439 g/mol. The molecule has 3 N–H and O–H groups in total. The Bertz CT molecular complexity index is 365. The Morgan fingerprint density at radius 3 is 2.52 bits per heavy atom. The van der Waals surface area contributed by atoms with E-state index in [9.17, 15) is 5.11 Å². The third kappa shape index (κ3) is 6.38. The van der Waals surface area contributed by atoms with E-state index in [4.69, 9.17) is 9.73 Å². The van der Waals surface area contributed by atoms with Crippen LogP contribution in [0.15, 0.2) is 4.99 Å². The van der Waals surface area contributed by atoms with Gasteiger partial charge < -0.3 is 20.5 Å². The molecule has 136 valence electrons. The van der Waals surface area contributed by atoms with E-state index in [1.54, 1.807) is 0 Å². The zero-order chi connectivity index (χ0) is 15.9. The van der Waals surface area contributed by atoms with E-state index < -0.39 is 0 Å². The van der Waals surface area contributed by atoms with Gasteiger partial charge in [0, 0.05) is 38.3 Å². The summed E-state index contributed by atoms with van der Waals surface area (Å²) in [5, 5.41) is 16.1. The van der Waals surface area contributed by atoms with Gasteiger partial charge in [0.2, 0.25) is 0 Å². The number of guanidine groups is 1. The van der Waals surface area contributed by atoms with Gasteiger partial charge in [-0.15, -0.1) is 24.0 Å². The Labute approximate surface area is 158 Å². The van der Waals surface area contributed by atoms with Crippen molar-refractivity contribution in [1.29, 1.82) is 0 Å². The molecule has 2 fully saturated rings. The molecule has 23 heavy (non-hydrogen) atoms. The van der Waals surface area contributed by atoms with Crippen LogP contribution in [0.25, 0.3) is 0 Å². The third-order valence-electron chi connectivity index (χ3n) is 5.23. The standard InChI is InChI=1S/C17H33N3O2.HI/c1-3-18-15(19-12-16(2)6-4-5-7-16)20-13-17(8-10-21)9-11-22-14-17;/h21H,3-14H2,1-2H3,(H2,18,19,20);1H. The van der Waals surface area contributed by atoms with Crippen LogP contribution in [-0.4, -0.2) is 50.5 Å². The molecule has 1 aliphatic carbocycles. The number of nitrogens with zero attached hydrogens (tertiary/aromatic N) is 1. The van der Waals surface area contributed by atoms with E-state index in [2.05, 4.69) is 24.5 Å². The fourth-order valence-electron chi connectivity index (χ4n) is 3.58. The third-order valence-corrected chi connectivity index (χ3v) is 5.23. The minimum Gasteiger partial charge on any atom is -0.396 e. The average molecular weight is 439 g/mol. The Morgan fingerprint density at radius 2 is 1.96 bits per heavy atom. The van der Waals surface area contributed by atoms with E-state index in [0.29, 0.717) is 5.41 Å². The average Bonchev–Trinajstić information content (AvgIpc) is 3.13. The van der Waals surface area contributed by atoms with Crippen molar-refractivity contribution in [2.45, 2.75) is 52.4 Å². The molecular formula is C17H34IN3O2. The van der Waals surface area contributed by atoms with Gasteiger partial charge in [0.15, 0.2) is 5.96 Å². The van der Waals surface area contributed by atoms with Crippen molar-refractivity contribution in [3.63, 3.8) is 0 Å². The number of ether oxygens (including phenoxy) is 1. The molecule has 0 radical (unpaired) electrons. The molecule has 1 saturated carbocycles. The molecule has 2 rings (SSSR count). The molecule has 1 heterocycles. The van der Waals surface area contributed by atoms with Gasteiger partial charge in [0.05, 0.1) is 6.61 Å². The molecule has 6 heteroatoms. The second-order valence-corrected chi connectivity index (χ2v) is 7.34. The Kier molecular flexibility index (Phi) is 9.15. The molecular weight excluding hydrogens is 405 g/mol. The Hall–Kier alpha value is -0.0800. The van der Waals surface area contributed by atoms with Gasteiger partial charge in [-0.2, -0.15) is 0 Å². The van der Waals surface area contributed by atoms with Crippen molar-refractivity contribution < 1.29 is 9.84 Å². The Balaban J connectivity index is 0.00000264. The van der Waals surface area contributed by atoms with Crippen LogP contribution in [0.5, 0.6) is 0 Å². The number of hydrogen-bond acceptors (Lipinski definition) is 3. The van der Waals surface area contributed by atoms with Crippen LogP contribution in [0.2, 0.25) is 0 Å². The number of aliphatic hydroxyl groups excluding tert-OH is 1. The van der Waals surface area contributed by atoms with Gasteiger partial charge in [-0.1, -0.05) is 19.8 Å². The maximum Gasteiger partial charge on any atom is 0.191 e. The van der Waals surface area contributed by atoms with E-state index in [0.717, 1.165) is 51.6 Å². The van der Waals surface area contributed by atoms with Crippen LogP contribution in [0, 0.1) is 10.8 Å². The maximum atomic E-state index is 9.31. The van der Waals surface area contributed by atoms with E-state index in [-0.39, 0.29) is 36.0 Å². The van der Waals surface area contributed by atoms with Crippen LogP contribution in [0.4, 0.5) is 0 Å². The minimum atomic E-state index is 0. The number of aliphatic hydroxyl groups is 1. The number of aliphatic imine (C=N–C) groups is 1. The van der Waals surface area contributed by atoms with Crippen LogP contribution in [0.3, 0.4) is 0 Å². The van der Waals surface area contributed by atoms with Gasteiger partial charge in [-0.25, -0.2) is 0 Å². The summed E-state index contributed by atoms with van der Waals surface area (Å²) in [6.45, 7) is 8.78. The number of halogens is 1. The first kappa shape index (κ1) is 21.0. The molecule has 1 saturated heterocycles. The van der Waals surface area contributed by atoms with Crippen molar-refractivity contribution in [1.82, 2.24) is 10.6 Å². The summed E-state index contributed by atoms with van der Waals surface area (Å²) < 4.78 is 5.55. The van der Waals surface area contributed by atoms with Crippen molar-refractivity contribution in [3.8, 4) is 0 Å². The Morgan fingerprint density at radius 1 is 1.22 bits per heavy atom. The van der Waals surface area contributed by atoms with Gasteiger partial charge >= 0.3 is 0 Å². The smallest absolute Gasteiger partial charge is 0.191 e. The number of nitrogens with one attached hydrogen (secondary N) is 2. The summed E-state index contributed by atoms with van der Waals surface area (Å²) >= 11 is 0. The summed E-state index contributed by atoms with van der Waals surface area (Å²) in [4.78, 5) is 4.81. The van der Waals surface area contributed by atoms with E-state index >= 15 is 0 Å². The van der Waals surface area contributed by atoms with Crippen LogP contribution < -0.4 is 10.6 Å². The molecule has 5 nitrogen and oxygen atoms in total. The minimum absolute atomic E-state index is 0. The zero-order valence-electron chi connectivity index (χ0n) is 14.7. The highest BCUT2D eigenvalue weighted by Gasteiger charge is 2.34. The molecule has 1 atom stereocenters. The topological polar surface area (TPSA) is 65.9 Å². The first-order valence-electron chi connectivity index (χ1n) is 8.82. The molecule has 1 unspecified atom stereocenters. The van der Waals surface area contributed by atoms with Crippen LogP contribution in [0.1, 0.15) is 52.4 Å². The molecule has 0 aromatic carbocycles. The fraction of sp³-hybridized carbons (Fsp3) is 0.941. The van der Waals surface area contributed by atoms with Gasteiger partial charge in [0.1, 0.15) is 0 Å². The van der Waals surface area contributed by atoms with E-state index in [1.165, 1.54) is 25.7 Å². The second-order valence-electron chi connectivity index (χ2n) is 7.34. The quantitative estimate of drug-likeness (QED) is 0.324. The van der Waals surface area contributed by atoms with Gasteiger partial charge in [-0.05, 0) is 38.0 Å². The molecule has 0 amide bonds. The highest BCUT2D eigenvalue weighted by molar-refractivity contribution is 14.0. The number of hydrogen-bond donors (Lipinski definition) is 3. The molecule has 0 bridgehead atoms. The van der Waals surface area contributed by atoms with E-state index in [1.807, 2.05) is 0 Å². The van der Waals surface area contributed by atoms with Crippen LogP contribution in [-0.2, 0) is 4.74 Å². The highest BCUT2D eigenvalue weighted by Crippen LogP contribution is 2.37. The predicted octanol–water partition coefficient (Wildman–Crippen LogP) is 2.53. The summed E-state index contributed by atoms with van der Waals surface area (Å²) in [5.74, 6) is 0.903. The summed E-state index contributed by atoms with van der Waals surface area (Å²) in [6.07, 6.45) is 7.06. The fourth-order valence-corrected chi connectivity index (χ4v) is 3.58. The largest absolute Gasteiger partial charge is 0.396 e. The second kappa shape index (κ2) is 10.0. The molecule has 2 aliphatic rings. The number of rotatable bonds is 7. The summed E-state index contributed by atoms with van der Waals surface area (Å²) in [5.41, 5.74) is 0.434. The van der Waals surface area contributed by atoms with Crippen molar-refractivity contribution in [3.05, 3.63) is 0 Å². The van der Waals surface area contributed by atoms with Crippen molar-refractivity contribution in [2.75, 3.05) is 39.5 Å². The lowest BCUT2D eigenvalue weighted by atomic mass is 9.84. The molecule has 0 aromatic rings. The first-order chi connectivity index (χ1) is 10.6. The highest BCUT2D eigenvalue weighted by atomic mass is 127. The van der Waals surface area contributed by atoms with Crippen LogP contribution >= 0.6 is 24.0 Å². The predicted molar refractivity (Wildman–Crippen MR) is 106 cm³/mol. The zero-order valence-corrected chi connectivity index (χ0v) is 17.0. The molecule has 1 aliphatic heterocycles. The summed E-state index contributed by atoms with van der Waals surface area (Å²) in [6, 6.07) is 0. The molecule has 0 spiro atoms. The summed E-state index contributed by atoms with van der Waals surface area (Å²) in [7, 11) is 0. The lowest BCUT2D eigenvalue weighted by Crippen LogP contribution is -2.45. The lowest BCUT2D eigenvalue weighted by molar-refractivity contribution is 0.127. The normalized spacial score (nSPS) is 26.8. The van der Waals surface area contributed by atoms with Gasteiger partial charge in [0.25, 0.3) is 0 Å². The SMILES string of the molecule is CCNC(=NCC1(C)CCCC1)NCC1(CCO)CCOC1.I. The van der Waals surface area contributed by atoms with Crippen molar-refractivity contribution in [2.24, 2.45) is 15.8 Å². The maximum absolute atomic E-state index is 9.31. The lowest BCUT2D eigenvalue weighted by Gasteiger charge is -2.28. The van der Waals surface area contributed by atoms with Gasteiger partial charge in [-0.3, -0.25) is 4.99 Å². The molecule has 0 aromatic heterocycles.